The first kappa shape index (κ1) is 18.1. The Balaban J connectivity index is 2.00. The summed E-state index contributed by atoms with van der Waals surface area (Å²) in [5.41, 5.74) is 3.35. The van der Waals surface area contributed by atoms with Gasteiger partial charge in [0, 0.05) is 46.0 Å². The summed E-state index contributed by atoms with van der Waals surface area (Å²) < 4.78 is 7.88. The SMILES string of the molecule is CCN(CC)CCn1c2ccc(OC)cc2c2cnc3cc(Cl)ccc3c21. The number of likely N-dealkylation sites (N-methyl/N-ethyl adjacent to an activating group) is 1. The van der Waals surface area contributed by atoms with Crippen LogP contribution in [0.1, 0.15) is 13.8 Å². The minimum absolute atomic E-state index is 0.710. The Morgan fingerprint density at radius 3 is 2.59 bits per heavy atom. The van der Waals surface area contributed by atoms with Crippen LogP contribution in [0.3, 0.4) is 0 Å². The van der Waals surface area contributed by atoms with Crippen LogP contribution in [0.25, 0.3) is 32.7 Å². The normalized spacial score (nSPS) is 11.9. The van der Waals surface area contributed by atoms with Crippen molar-refractivity contribution in [3.8, 4) is 5.75 Å². The summed E-state index contributed by atoms with van der Waals surface area (Å²) in [5, 5.41) is 4.17. The third-order valence-corrected chi connectivity index (χ3v) is 5.63. The minimum atomic E-state index is 0.710. The van der Waals surface area contributed by atoms with Crippen LogP contribution in [0.4, 0.5) is 0 Å². The summed E-state index contributed by atoms with van der Waals surface area (Å²) in [5.74, 6) is 0.862. The van der Waals surface area contributed by atoms with E-state index in [1.54, 1.807) is 7.11 Å². The Morgan fingerprint density at radius 1 is 1.04 bits per heavy atom. The van der Waals surface area contributed by atoms with Gasteiger partial charge in [-0.15, -0.1) is 0 Å². The topological polar surface area (TPSA) is 30.3 Å². The Morgan fingerprint density at radius 2 is 1.85 bits per heavy atom. The molecule has 2 aromatic carbocycles. The number of halogens is 1. The van der Waals surface area contributed by atoms with Gasteiger partial charge in [-0.2, -0.15) is 0 Å². The van der Waals surface area contributed by atoms with Gasteiger partial charge < -0.3 is 14.2 Å². The van der Waals surface area contributed by atoms with Gasteiger partial charge in [-0.1, -0.05) is 25.4 Å². The average molecular weight is 382 g/mol. The molecule has 5 heteroatoms. The van der Waals surface area contributed by atoms with Gasteiger partial charge in [-0.25, -0.2) is 0 Å². The summed E-state index contributed by atoms with van der Waals surface area (Å²) in [4.78, 5) is 7.11. The molecule has 0 aliphatic rings. The van der Waals surface area contributed by atoms with Crippen molar-refractivity contribution in [2.75, 3.05) is 26.7 Å². The van der Waals surface area contributed by atoms with Gasteiger partial charge in [0.05, 0.1) is 18.1 Å². The van der Waals surface area contributed by atoms with E-state index in [0.717, 1.165) is 48.2 Å². The molecule has 27 heavy (non-hydrogen) atoms. The second kappa shape index (κ2) is 7.37. The van der Waals surface area contributed by atoms with E-state index in [1.165, 1.54) is 16.4 Å². The van der Waals surface area contributed by atoms with Crippen LogP contribution in [0, 0.1) is 0 Å². The first-order valence-electron chi connectivity index (χ1n) is 9.42. The molecule has 0 amide bonds. The van der Waals surface area contributed by atoms with Gasteiger partial charge in [-0.3, -0.25) is 4.98 Å². The predicted molar refractivity (Wildman–Crippen MR) is 114 cm³/mol. The number of hydrogen-bond acceptors (Lipinski definition) is 3. The zero-order valence-corrected chi connectivity index (χ0v) is 16.8. The predicted octanol–water partition coefficient (Wildman–Crippen LogP) is 5.35. The molecule has 0 fully saturated rings. The molecular weight excluding hydrogens is 358 g/mol. The molecule has 4 aromatic rings. The molecule has 0 atom stereocenters. The van der Waals surface area contributed by atoms with Crippen LogP contribution in [0.2, 0.25) is 5.02 Å². The van der Waals surface area contributed by atoms with Gasteiger partial charge in [0.2, 0.25) is 0 Å². The van der Waals surface area contributed by atoms with E-state index in [0.29, 0.717) is 5.02 Å². The molecule has 0 radical (unpaired) electrons. The molecule has 4 rings (SSSR count). The Labute approximate surface area is 164 Å². The molecule has 140 valence electrons. The number of rotatable bonds is 6. The van der Waals surface area contributed by atoms with Gasteiger partial charge in [-0.05, 0) is 49.5 Å². The van der Waals surface area contributed by atoms with Gasteiger partial charge in [0.15, 0.2) is 0 Å². The number of ether oxygens (including phenoxy) is 1. The summed E-state index contributed by atoms with van der Waals surface area (Å²) in [6.07, 6.45) is 1.96. The molecule has 0 saturated heterocycles. The van der Waals surface area contributed by atoms with Gasteiger partial charge in [0.25, 0.3) is 0 Å². The largest absolute Gasteiger partial charge is 0.497 e. The van der Waals surface area contributed by atoms with Crippen molar-refractivity contribution in [2.24, 2.45) is 0 Å². The lowest BCUT2D eigenvalue weighted by Crippen LogP contribution is -2.27. The number of fused-ring (bicyclic) bond motifs is 5. The molecule has 0 aliphatic heterocycles. The second-order valence-corrected chi connectivity index (χ2v) is 7.18. The van der Waals surface area contributed by atoms with E-state index in [-0.39, 0.29) is 0 Å². The Kier molecular flexibility index (Phi) is 4.94. The molecule has 4 nitrogen and oxygen atoms in total. The van der Waals surface area contributed by atoms with Crippen molar-refractivity contribution in [2.45, 2.75) is 20.4 Å². The van der Waals surface area contributed by atoms with Crippen molar-refractivity contribution in [3.05, 3.63) is 47.6 Å². The van der Waals surface area contributed by atoms with E-state index in [2.05, 4.69) is 46.5 Å². The van der Waals surface area contributed by atoms with Crippen molar-refractivity contribution < 1.29 is 4.74 Å². The quantitative estimate of drug-likeness (QED) is 0.451. The van der Waals surface area contributed by atoms with E-state index < -0.39 is 0 Å². The van der Waals surface area contributed by atoms with Crippen molar-refractivity contribution >= 4 is 44.3 Å². The third kappa shape index (κ3) is 3.13. The summed E-state index contributed by atoms with van der Waals surface area (Å²) in [6.45, 7) is 8.47. The number of methoxy groups -OCH3 is 1. The van der Waals surface area contributed by atoms with Crippen LogP contribution in [-0.2, 0) is 6.54 Å². The molecule has 0 N–H and O–H groups in total. The molecular formula is C22H24ClN3O. The number of nitrogens with zero attached hydrogens (tertiary/aromatic N) is 3. The Hall–Kier alpha value is -2.30. The van der Waals surface area contributed by atoms with Crippen LogP contribution in [-0.4, -0.2) is 41.2 Å². The fraction of sp³-hybridized carbons (Fsp3) is 0.318. The summed E-state index contributed by atoms with van der Waals surface area (Å²) in [6, 6.07) is 12.2. The first-order chi connectivity index (χ1) is 13.2. The highest BCUT2D eigenvalue weighted by atomic mass is 35.5. The third-order valence-electron chi connectivity index (χ3n) is 5.39. The molecule has 0 unspecified atom stereocenters. The number of benzene rings is 2. The number of aromatic nitrogens is 2. The van der Waals surface area contributed by atoms with Crippen LogP contribution >= 0.6 is 11.6 Å². The molecule has 0 spiro atoms. The zero-order chi connectivity index (χ0) is 19.0. The number of pyridine rings is 1. The maximum atomic E-state index is 6.20. The maximum Gasteiger partial charge on any atom is 0.119 e. The van der Waals surface area contributed by atoms with E-state index in [9.17, 15) is 0 Å². The van der Waals surface area contributed by atoms with Gasteiger partial charge >= 0.3 is 0 Å². The van der Waals surface area contributed by atoms with Crippen LogP contribution in [0.5, 0.6) is 5.75 Å². The van der Waals surface area contributed by atoms with E-state index in [4.69, 9.17) is 16.3 Å². The first-order valence-corrected chi connectivity index (χ1v) is 9.80. The fourth-order valence-corrected chi connectivity index (χ4v) is 4.03. The highest BCUT2D eigenvalue weighted by Crippen LogP contribution is 2.35. The minimum Gasteiger partial charge on any atom is -0.497 e. The molecule has 0 aliphatic carbocycles. The summed E-state index contributed by atoms with van der Waals surface area (Å²) in [7, 11) is 1.70. The molecule has 2 heterocycles. The Bertz CT molecular complexity index is 1120. The average Bonchev–Trinajstić information content (AvgIpc) is 3.01. The smallest absolute Gasteiger partial charge is 0.119 e. The highest BCUT2D eigenvalue weighted by Gasteiger charge is 2.15. The van der Waals surface area contributed by atoms with Crippen molar-refractivity contribution in [1.82, 2.24) is 14.5 Å². The lowest BCUT2D eigenvalue weighted by molar-refractivity contribution is 0.293. The van der Waals surface area contributed by atoms with Gasteiger partial charge in [0.1, 0.15) is 5.75 Å². The molecule has 2 aromatic heterocycles. The summed E-state index contributed by atoms with van der Waals surface area (Å²) >= 11 is 6.20. The van der Waals surface area contributed by atoms with Crippen molar-refractivity contribution in [1.29, 1.82) is 0 Å². The number of hydrogen-bond donors (Lipinski definition) is 0. The van der Waals surface area contributed by atoms with E-state index >= 15 is 0 Å². The molecule has 0 bridgehead atoms. The van der Waals surface area contributed by atoms with Crippen LogP contribution in [0.15, 0.2) is 42.6 Å². The lowest BCUT2D eigenvalue weighted by atomic mass is 10.1. The maximum absolute atomic E-state index is 6.20. The van der Waals surface area contributed by atoms with Crippen molar-refractivity contribution in [3.63, 3.8) is 0 Å². The fourth-order valence-electron chi connectivity index (χ4n) is 3.87. The standard InChI is InChI=1S/C22H24ClN3O/c1-4-25(5-2)10-11-26-21-9-7-16(27-3)13-18(21)19-14-24-20-12-15(23)6-8-17(20)22(19)26/h6-9,12-14H,4-5,10-11H2,1-3H3. The second-order valence-electron chi connectivity index (χ2n) is 6.74. The zero-order valence-electron chi connectivity index (χ0n) is 16.0. The molecule has 0 saturated carbocycles. The highest BCUT2D eigenvalue weighted by molar-refractivity contribution is 6.31. The monoisotopic (exact) mass is 381 g/mol. The lowest BCUT2D eigenvalue weighted by Gasteiger charge is -2.19. The van der Waals surface area contributed by atoms with E-state index in [1.807, 2.05) is 24.4 Å². The van der Waals surface area contributed by atoms with Crippen LogP contribution < -0.4 is 4.74 Å².